The molecule has 2 N–H and O–H groups in total. The smallest absolute Gasteiger partial charge is 0.148 e. The van der Waals surface area contributed by atoms with Crippen molar-refractivity contribution in [3.05, 3.63) is 24.0 Å². The van der Waals surface area contributed by atoms with Gasteiger partial charge in [-0.15, -0.1) is 0 Å². The second kappa shape index (κ2) is 4.09. The van der Waals surface area contributed by atoms with E-state index in [1.165, 1.54) is 18.2 Å². The van der Waals surface area contributed by atoms with Gasteiger partial charge in [0.25, 0.3) is 0 Å². The summed E-state index contributed by atoms with van der Waals surface area (Å²) in [7, 11) is -0.982. The molecule has 0 amide bonds. The SMILES string of the molecule is C[Si]1(C)CCN(c2ccc(N)cc2F)CC1. The Bertz CT molecular complexity index is 383. The molecule has 1 saturated heterocycles. The maximum atomic E-state index is 13.7. The molecular formula is C12H19FN2Si. The third kappa shape index (κ3) is 2.37. The van der Waals surface area contributed by atoms with Crippen LogP contribution in [0, 0.1) is 5.82 Å². The Balaban J connectivity index is 2.14. The third-order valence-corrected chi connectivity index (χ3v) is 6.58. The Morgan fingerprint density at radius 1 is 1.25 bits per heavy atom. The molecule has 0 aliphatic carbocycles. The summed E-state index contributed by atoms with van der Waals surface area (Å²) in [6, 6.07) is 7.47. The monoisotopic (exact) mass is 238 g/mol. The fourth-order valence-electron chi connectivity index (χ4n) is 2.13. The van der Waals surface area contributed by atoms with Crippen LogP contribution in [0.25, 0.3) is 0 Å². The van der Waals surface area contributed by atoms with Gasteiger partial charge in [-0.2, -0.15) is 0 Å². The van der Waals surface area contributed by atoms with E-state index in [0.29, 0.717) is 11.4 Å². The number of anilines is 2. The third-order valence-electron chi connectivity index (χ3n) is 3.43. The second-order valence-corrected chi connectivity index (χ2v) is 10.7. The maximum Gasteiger partial charge on any atom is 0.148 e. The van der Waals surface area contributed by atoms with E-state index >= 15 is 0 Å². The quantitative estimate of drug-likeness (QED) is 0.602. The number of nitrogens with two attached hydrogens (primary N) is 1. The Labute approximate surface area is 97.3 Å². The highest BCUT2D eigenvalue weighted by molar-refractivity contribution is 6.77. The van der Waals surface area contributed by atoms with Gasteiger partial charge in [0.2, 0.25) is 0 Å². The molecule has 0 bridgehead atoms. The Hall–Kier alpha value is -1.03. The van der Waals surface area contributed by atoms with Crippen molar-refractivity contribution in [2.45, 2.75) is 25.2 Å². The number of rotatable bonds is 1. The fourth-order valence-corrected chi connectivity index (χ4v) is 4.13. The molecule has 2 rings (SSSR count). The van der Waals surface area contributed by atoms with Gasteiger partial charge < -0.3 is 10.6 Å². The average Bonchev–Trinajstić information content (AvgIpc) is 2.19. The molecule has 1 heterocycles. The summed E-state index contributed by atoms with van der Waals surface area (Å²) in [5.41, 5.74) is 6.75. The van der Waals surface area contributed by atoms with Gasteiger partial charge in [0.05, 0.1) is 13.8 Å². The van der Waals surface area contributed by atoms with Crippen LogP contribution in [0.2, 0.25) is 25.2 Å². The van der Waals surface area contributed by atoms with Crippen LogP contribution in [0.15, 0.2) is 18.2 Å². The van der Waals surface area contributed by atoms with E-state index in [-0.39, 0.29) is 5.82 Å². The highest BCUT2D eigenvalue weighted by atomic mass is 28.3. The molecule has 0 atom stereocenters. The normalized spacial score (nSPS) is 19.8. The van der Waals surface area contributed by atoms with Crippen LogP contribution in [0.4, 0.5) is 15.8 Å². The lowest BCUT2D eigenvalue weighted by molar-refractivity contribution is 0.618. The Morgan fingerprint density at radius 2 is 1.88 bits per heavy atom. The van der Waals surface area contributed by atoms with Crippen molar-refractivity contribution in [2.24, 2.45) is 0 Å². The summed E-state index contributed by atoms with van der Waals surface area (Å²) in [6.07, 6.45) is 0. The van der Waals surface area contributed by atoms with E-state index in [0.717, 1.165) is 13.1 Å². The van der Waals surface area contributed by atoms with E-state index in [1.54, 1.807) is 12.1 Å². The predicted molar refractivity (Wildman–Crippen MR) is 70.1 cm³/mol. The molecule has 1 aromatic rings. The number of nitrogens with zero attached hydrogens (tertiary/aromatic N) is 1. The van der Waals surface area contributed by atoms with Gasteiger partial charge in [-0.05, 0) is 30.3 Å². The summed E-state index contributed by atoms with van der Waals surface area (Å²) in [5, 5.41) is 0. The van der Waals surface area contributed by atoms with Crippen LogP contribution in [-0.4, -0.2) is 21.2 Å². The predicted octanol–water partition coefficient (Wildman–Crippen LogP) is 2.94. The van der Waals surface area contributed by atoms with Gasteiger partial charge in [-0.3, -0.25) is 0 Å². The van der Waals surface area contributed by atoms with Gasteiger partial charge in [0.1, 0.15) is 5.82 Å². The summed E-state index contributed by atoms with van der Waals surface area (Å²) >= 11 is 0. The molecule has 2 nitrogen and oxygen atoms in total. The first-order valence-electron chi connectivity index (χ1n) is 5.78. The topological polar surface area (TPSA) is 29.3 Å². The van der Waals surface area contributed by atoms with Crippen LogP contribution in [0.5, 0.6) is 0 Å². The maximum absolute atomic E-state index is 13.7. The van der Waals surface area contributed by atoms with Crippen molar-refractivity contribution in [1.82, 2.24) is 0 Å². The van der Waals surface area contributed by atoms with Gasteiger partial charge in [0, 0.05) is 18.8 Å². The fraction of sp³-hybridized carbons (Fsp3) is 0.500. The molecule has 0 spiro atoms. The van der Waals surface area contributed by atoms with Gasteiger partial charge in [0.15, 0.2) is 0 Å². The molecule has 1 aliphatic rings. The van der Waals surface area contributed by atoms with Crippen LogP contribution < -0.4 is 10.6 Å². The minimum absolute atomic E-state index is 0.193. The number of nitrogen functional groups attached to an aromatic ring is 1. The van der Waals surface area contributed by atoms with Crippen molar-refractivity contribution in [3.63, 3.8) is 0 Å². The lowest BCUT2D eigenvalue weighted by Gasteiger charge is -2.37. The van der Waals surface area contributed by atoms with Crippen LogP contribution in [-0.2, 0) is 0 Å². The lowest BCUT2D eigenvalue weighted by atomic mass is 10.2. The highest BCUT2D eigenvalue weighted by Crippen LogP contribution is 2.28. The van der Waals surface area contributed by atoms with E-state index in [1.807, 2.05) is 0 Å². The molecule has 1 aliphatic heterocycles. The minimum Gasteiger partial charge on any atom is -0.399 e. The number of hydrogen-bond acceptors (Lipinski definition) is 2. The molecule has 1 fully saturated rings. The Kier molecular flexibility index (Phi) is 2.93. The zero-order chi connectivity index (χ0) is 11.8. The molecule has 16 heavy (non-hydrogen) atoms. The zero-order valence-corrected chi connectivity index (χ0v) is 11.0. The zero-order valence-electron chi connectivity index (χ0n) is 9.96. The van der Waals surface area contributed by atoms with Crippen LogP contribution in [0.3, 0.4) is 0 Å². The lowest BCUT2D eigenvalue weighted by Crippen LogP contribution is -2.43. The first kappa shape index (κ1) is 11.5. The van der Waals surface area contributed by atoms with E-state index in [2.05, 4.69) is 18.0 Å². The molecule has 0 unspecified atom stereocenters. The summed E-state index contributed by atoms with van der Waals surface area (Å²) < 4.78 is 13.7. The van der Waals surface area contributed by atoms with Crippen molar-refractivity contribution in [3.8, 4) is 0 Å². The van der Waals surface area contributed by atoms with Crippen molar-refractivity contribution in [1.29, 1.82) is 0 Å². The first-order chi connectivity index (χ1) is 7.48. The number of benzene rings is 1. The standard InChI is InChI=1S/C12H19FN2Si/c1-16(2)7-5-15(6-8-16)12-4-3-10(14)9-11(12)13/h3-4,9H,5-8,14H2,1-2H3. The molecule has 1 aromatic carbocycles. The largest absolute Gasteiger partial charge is 0.399 e. The molecular weight excluding hydrogens is 219 g/mol. The highest BCUT2D eigenvalue weighted by Gasteiger charge is 2.28. The molecule has 0 saturated carbocycles. The number of hydrogen-bond donors (Lipinski definition) is 1. The van der Waals surface area contributed by atoms with Crippen LogP contribution in [0.1, 0.15) is 0 Å². The van der Waals surface area contributed by atoms with E-state index < -0.39 is 8.07 Å². The van der Waals surface area contributed by atoms with Crippen molar-refractivity contribution >= 4 is 19.4 Å². The summed E-state index contributed by atoms with van der Waals surface area (Å²) in [5.74, 6) is -0.193. The van der Waals surface area contributed by atoms with E-state index in [9.17, 15) is 4.39 Å². The van der Waals surface area contributed by atoms with Gasteiger partial charge in [-0.1, -0.05) is 13.1 Å². The summed E-state index contributed by atoms with van der Waals surface area (Å²) in [4.78, 5) is 2.15. The van der Waals surface area contributed by atoms with Crippen molar-refractivity contribution in [2.75, 3.05) is 23.7 Å². The summed E-state index contributed by atoms with van der Waals surface area (Å²) in [6.45, 7) is 6.79. The van der Waals surface area contributed by atoms with Gasteiger partial charge >= 0.3 is 0 Å². The van der Waals surface area contributed by atoms with E-state index in [4.69, 9.17) is 5.73 Å². The average molecular weight is 238 g/mol. The number of halogens is 1. The van der Waals surface area contributed by atoms with Gasteiger partial charge in [-0.25, -0.2) is 4.39 Å². The Morgan fingerprint density at radius 3 is 2.44 bits per heavy atom. The first-order valence-corrected chi connectivity index (χ1v) is 9.19. The van der Waals surface area contributed by atoms with Crippen LogP contribution >= 0.6 is 0 Å². The molecule has 88 valence electrons. The molecule has 4 heteroatoms. The second-order valence-electron chi connectivity index (χ2n) is 5.36. The van der Waals surface area contributed by atoms with Crippen molar-refractivity contribution < 1.29 is 4.39 Å². The molecule has 0 aromatic heterocycles. The molecule has 0 radical (unpaired) electrons. The minimum atomic E-state index is -0.982.